The molecule has 3 rings (SSSR count). The van der Waals surface area contributed by atoms with Crippen molar-refractivity contribution >= 4 is 34.5 Å². The number of carbonyl (C=O) groups excluding carboxylic acids is 1. The first kappa shape index (κ1) is 15.8. The number of nitrogens with zero attached hydrogens (tertiary/aromatic N) is 2. The van der Waals surface area contributed by atoms with E-state index >= 15 is 0 Å². The fourth-order valence-corrected chi connectivity index (χ4v) is 2.84. The van der Waals surface area contributed by atoms with E-state index in [1.54, 1.807) is 24.3 Å². The van der Waals surface area contributed by atoms with Crippen molar-refractivity contribution in [1.82, 2.24) is 10.2 Å². The highest BCUT2D eigenvalue weighted by atomic mass is 32.2. The van der Waals surface area contributed by atoms with E-state index < -0.39 is 11.5 Å². The van der Waals surface area contributed by atoms with E-state index in [1.807, 2.05) is 13.0 Å². The Morgan fingerprint density at radius 3 is 3.00 bits per heavy atom. The molecular formula is C16H12N4O3S. The molecule has 0 saturated heterocycles. The molecule has 2 heterocycles. The number of H-pyrrole nitrogens is 1. The number of nitriles is 1. The van der Waals surface area contributed by atoms with E-state index in [1.165, 1.54) is 17.8 Å². The average molecular weight is 340 g/mol. The third-order valence-corrected chi connectivity index (χ3v) is 4.11. The van der Waals surface area contributed by atoms with Crippen molar-refractivity contribution in [3.8, 4) is 6.07 Å². The molecule has 0 aliphatic heterocycles. The first-order valence-electron chi connectivity index (χ1n) is 7.09. The van der Waals surface area contributed by atoms with Crippen LogP contribution in [0.4, 0.5) is 5.82 Å². The van der Waals surface area contributed by atoms with Crippen LogP contribution in [-0.2, 0) is 0 Å². The number of hydrogen-bond acceptors (Lipinski definition) is 6. The highest BCUT2D eigenvalue weighted by Gasteiger charge is 2.19. The average Bonchev–Trinajstić information content (AvgIpc) is 2.96. The van der Waals surface area contributed by atoms with Crippen molar-refractivity contribution in [2.75, 3.05) is 11.1 Å². The van der Waals surface area contributed by atoms with Crippen LogP contribution < -0.4 is 10.9 Å². The summed E-state index contributed by atoms with van der Waals surface area (Å²) < 4.78 is 5.14. The Morgan fingerprint density at radius 1 is 1.46 bits per heavy atom. The first-order valence-corrected chi connectivity index (χ1v) is 8.08. The lowest BCUT2D eigenvalue weighted by molar-refractivity contribution is 0.102. The number of carbonyl (C=O) groups is 1. The SMILES string of the molecule is CCSc1n[nH]c(NC(=O)c2cc3ccccc3oc2=O)c1C#N. The van der Waals surface area contributed by atoms with Crippen LogP contribution in [0.1, 0.15) is 22.8 Å². The van der Waals surface area contributed by atoms with Crippen molar-refractivity contribution in [1.29, 1.82) is 5.26 Å². The fraction of sp³-hybridized carbons (Fsp3) is 0.125. The zero-order valence-corrected chi connectivity index (χ0v) is 13.4. The Balaban J connectivity index is 1.95. The number of benzene rings is 1. The maximum absolute atomic E-state index is 12.4. The summed E-state index contributed by atoms with van der Waals surface area (Å²) in [5.74, 6) is 0.231. The van der Waals surface area contributed by atoms with Crippen LogP contribution in [0.3, 0.4) is 0 Å². The molecular weight excluding hydrogens is 328 g/mol. The van der Waals surface area contributed by atoms with Crippen LogP contribution in [-0.4, -0.2) is 21.9 Å². The molecule has 0 fully saturated rings. The van der Waals surface area contributed by atoms with Crippen molar-refractivity contribution < 1.29 is 9.21 Å². The van der Waals surface area contributed by atoms with Crippen molar-refractivity contribution in [3.05, 3.63) is 51.9 Å². The number of amides is 1. The molecule has 2 N–H and O–H groups in total. The third kappa shape index (κ3) is 2.89. The van der Waals surface area contributed by atoms with E-state index in [4.69, 9.17) is 4.42 Å². The molecule has 3 aromatic rings. The van der Waals surface area contributed by atoms with E-state index in [-0.39, 0.29) is 16.9 Å². The highest BCUT2D eigenvalue weighted by Crippen LogP contribution is 2.25. The Bertz CT molecular complexity index is 1020. The number of hydrogen-bond donors (Lipinski definition) is 2. The van der Waals surface area contributed by atoms with Gasteiger partial charge < -0.3 is 9.73 Å². The van der Waals surface area contributed by atoms with E-state index in [9.17, 15) is 14.9 Å². The summed E-state index contributed by atoms with van der Waals surface area (Å²) in [6, 6.07) is 10.4. The second kappa shape index (κ2) is 6.60. The van der Waals surface area contributed by atoms with Gasteiger partial charge >= 0.3 is 5.63 Å². The van der Waals surface area contributed by atoms with Crippen molar-refractivity contribution in [2.45, 2.75) is 11.9 Å². The van der Waals surface area contributed by atoms with Gasteiger partial charge in [0.05, 0.1) is 0 Å². The molecule has 0 radical (unpaired) electrons. The van der Waals surface area contributed by atoms with E-state index in [0.29, 0.717) is 16.0 Å². The van der Waals surface area contributed by atoms with Crippen LogP contribution in [0.2, 0.25) is 0 Å². The van der Waals surface area contributed by atoms with Crippen LogP contribution in [0.15, 0.2) is 44.6 Å². The molecule has 0 unspecified atom stereocenters. The minimum absolute atomic E-state index is 0.142. The summed E-state index contributed by atoms with van der Waals surface area (Å²) >= 11 is 1.38. The van der Waals surface area contributed by atoms with Crippen LogP contribution in [0, 0.1) is 11.3 Å². The zero-order valence-electron chi connectivity index (χ0n) is 12.6. The van der Waals surface area contributed by atoms with Gasteiger partial charge in [0, 0.05) is 5.39 Å². The number of para-hydroxylation sites is 1. The number of nitrogens with one attached hydrogen (secondary N) is 2. The molecule has 0 saturated carbocycles. The van der Waals surface area contributed by atoms with Gasteiger partial charge in [-0.15, -0.1) is 11.8 Å². The monoisotopic (exact) mass is 340 g/mol. The largest absolute Gasteiger partial charge is 0.422 e. The molecule has 1 amide bonds. The van der Waals surface area contributed by atoms with Gasteiger partial charge in [0.25, 0.3) is 5.91 Å². The fourth-order valence-electron chi connectivity index (χ4n) is 2.16. The topological polar surface area (TPSA) is 112 Å². The van der Waals surface area contributed by atoms with Crippen LogP contribution in [0.5, 0.6) is 0 Å². The Hall–Kier alpha value is -3.05. The molecule has 24 heavy (non-hydrogen) atoms. The molecule has 0 aliphatic carbocycles. The second-order valence-electron chi connectivity index (χ2n) is 4.76. The van der Waals surface area contributed by atoms with Crippen molar-refractivity contribution in [3.63, 3.8) is 0 Å². The molecule has 2 aromatic heterocycles. The molecule has 1 aromatic carbocycles. The standard InChI is InChI=1S/C16H12N4O3S/c1-2-24-15-11(8-17)13(19-20-15)18-14(21)10-7-9-5-3-4-6-12(9)23-16(10)22/h3-7H,2H2,1H3,(H2,18,19,20,21). The zero-order chi connectivity index (χ0) is 17.1. The van der Waals surface area contributed by atoms with Gasteiger partial charge in [-0.25, -0.2) is 4.79 Å². The molecule has 7 nitrogen and oxygen atoms in total. The number of thioether (sulfide) groups is 1. The molecule has 0 bridgehead atoms. The molecule has 120 valence electrons. The van der Waals surface area contributed by atoms with Gasteiger partial charge in [-0.05, 0) is 17.9 Å². The summed E-state index contributed by atoms with van der Waals surface area (Å²) in [5.41, 5.74) is -0.246. The van der Waals surface area contributed by atoms with E-state index in [2.05, 4.69) is 15.5 Å². The Labute approximate surface area is 140 Å². The summed E-state index contributed by atoms with van der Waals surface area (Å²) in [5, 5.41) is 19.5. The maximum atomic E-state index is 12.4. The maximum Gasteiger partial charge on any atom is 0.349 e. The van der Waals surface area contributed by atoms with Gasteiger partial charge in [-0.1, -0.05) is 25.1 Å². The lowest BCUT2D eigenvalue weighted by Gasteiger charge is -2.03. The predicted octanol–water partition coefficient (Wildman–Crippen LogP) is 2.75. The number of fused-ring (bicyclic) bond motifs is 1. The number of aromatic amines is 1. The van der Waals surface area contributed by atoms with Crippen LogP contribution >= 0.6 is 11.8 Å². The molecule has 0 atom stereocenters. The second-order valence-corrected chi connectivity index (χ2v) is 6.02. The first-order chi connectivity index (χ1) is 11.6. The lowest BCUT2D eigenvalue weighted by atomic mass is 10.2. The van der Waals surface area contributed by atoms with Gasteiger partial charge in [0.15, 0.2) is 0 Å². The van der Waals surface area contributed by atoms with Gasteiger partial charge in [-0.2, -0.15) is 10.4 Å². The van der Waals surface area contributed by atoms with Gasteiger partial charge in [0.1, 0.15) is 33.6 Å². The molecule has 0 spiro atoms. The summed E-state index contributed by atoms with van der Waals surface area (Å²) in [6.07, 6.45) is 0. The minimum atomic E-state index is -0.743. The van der Waals surface area contributed by atoms with Gasteiger partial charge in [-0.3, -0.25) is 9.89 Å². The Kier molecular flexibility index (Phi) is 4.35. The smallest absolute Gasteiger partial charge is 0.349 e. The quantitative estimate of drug-likeness (QED) is 0.558. The third-order valence-electron chi connectivity index (χ3n) is 3.25. The normalized spacial score (nSPS) is 10.5. The number of aromatic nitrogens is 2. The Morgan fingerprint density at radius 2 is 2.25 bits per heavy atom. The summed E-state index contributed by atoms with van der Waals surface area (Å²) in [4.78, 5) is 24.4. The predicted molar refractivity (Wildman–Crippen MR) is 90.1 cm³/mol. The lowest BCUT2D eigenvalue weighted by Crippen LogP contribution is -2.21. The van der Waals surface area contributed by atoms with E-state index in [0.717, 1.165) is 5.75 Å². The highest BCUT2D eigenvalue weighted by molar-refractivity contribution is 7.99. The van der Waals surface area contributed by atoms with Crippen LogP contribution in [0.25, 0.3) is 11.0 Å². The van der Waals surface area contributed by atoms with Crippen molar-refractivity contribution in [2.24, 2.45) is 0 Å². The number of rotatable bonds is 4. The summed E-state index contributed by atoms with van der Waals surface area (Å²) in [7, 11) is 0. The van der Waals surface area contributed by atoms with Gasteiger partial charge in [0.2, 0.25) is 0 Å². The summed E-state index contributed by atoms with van der Waals surface area (Å²) in [6.45, 7) is 1.93. The molecule has 8 heteroatoms. The minimum Gasteiger partial charge on any atom is -0.422 e. The molecule has 0 aliphatic rings. The number of anilines is 1.